The van der Waals surface area contributed by atoms with Crippen LogP contribution in [0.25, 0.3) is 0 Å². The molecule has 0 saturated carbocycles. The van der Waals surface area contributed by atoms with Crippen LogP contribution in [0.15, 0.2) is 0 Å². The number of aliphatic hydroxyl groups excluding tert-OH is 1. The van der Waals surface area contributed by atoms with E-state index < -0.39 is 22.1 Å². The molecule has 0 spiro atoms. The molecule has 0 aromatic rings. The maximum atomic E-state index is 11.9. The fourth-order valence-corrected chi connectivity index (χ4v) is 3.32. The number of aliphatic hydroxyl groups is 1. The van der Waals surface area contributed by atoms with E-state index in [1.807, 2.05) is 6.92 Å². The average Bonchev–Trinajstić information content (AvgIpc) is 2.29. The van der Waals surface area contributed by atoms with Crippen LogP contribution in [-0.4, -0.2) is 55.9 Å². The van der Waals surface area contributed by atoms with Crippen molar-refractivity contribution in [2.45, 2.75) is 25.9 Å². The quantitative estimate of drug-likeness (QED) is 0.698. The number of methoxy groups -OCH3 is 1. The van der Waals surface area contributed by atoms with E-state index in [9.17, 15) is 18.3 Å². The molecule has 1 fully saturated rings. The van der Waals surface area contributed by atoms with Crippen molar-refractivity contribution in [3.05, 3.63) is 0 Å². The van der Waals surface area contributed by atoms with Gasteiger partial charge in [-0.3, -0.25) is 4.79 Å². The number of piperidine rings is 1. The van der Waals surface area contributed by atoms with Gasteiger partial charge >= 0.3 is 5.97 Å². The molecule has 1 rings (SSSR count). The fraction of sp³-hybridized carbons (Fsp3) is 0.900. The number of carbonyl (C=O) groups excluding carboxylic acids is 1. The van der Waals surface area contributed by atoms with Gasteiger partial charge in [-0.25, -0.2) is 12.7 Å². The van der Waals surface area contributed by atoms with Gasteiger partial charge in [0, 0.05) is 13.1 Å². The molecule has 6 nitrogen and oxygen atoms in total. The van der Waals surface area contributed by atoms with Crippen molar-refractivity contribution in [1.29, 1.82) is 0 Å². The molecule has 100 valence electrons. The zero-order valence-electron chi connectivity index (χ0n) is 10.1. The van der Waals surface area contributed by atoms with Crippen LogP contribution in [-0.2, 0) is 19.6 Å². The molecule has 0 aliphatic carbocycles. The first-order valence-corrected chi connectivity index (χ1v) is 7.20. The number of ether oxygens (including phenoxy) is 1. The van der Waals surface area contributed by atoms with Crippen molar-refractivity contribution in [3.8, 4) is 0 Å². The molecule has 7 heteroatoms. The Hall–Kier alpha value is -0.660. The SMILES string of the molecule is COC(=O)CCS(=O)(=O)N1CCC(O)C(C)C1. The Bertz CT molecular complexity index is 367. The fourth-order valence-electron chi connectivity index (χ4n) is 1.79. The summed E-state index contributed by atoms with van der Waals surface area (Å²) in [4.78, 5) is 10.9. The number of rotatable bonds is 4. The minimum atomic E-state index is -3.42. The number of hydrogen-bond acceptors (Lipinski definition) is 5. The smallest absolute Gasteiger partial charge is 0.306 e. The van der Waals surface area contributed by atoms with Gasteiger partial charge in [-0.15, -0.1) is 0 Å². The van der Waals surface area contributed by atoms with Gasteiger partial charge in [-0.2, -0.15) is 0 Å². The number of esters is 1. The average molecular weight is 265 g/mol. The first-order valence-electron chi connectivity index (χ1n) is 5.59. The van der Waals surface area contributed by atoms with Gasteiger partial charge in [-0.05, 0) is 12.3 Å². The molecule has 1 saturated heterocycles. The topological polar surface area (TPSA) is 83.9 Å². The van der Waals surface area contributed by atoms with Crippen LogP contribution in [0.5, 0.6) is 0 Å². The van der Waals surface area contributed by atoms with Gasteiger partial charge in [0.05, 0.1) is 25.4 Å². The maximum absolute atomic E-state index is 11.9. The third kappa shape index (κ3) is 3.93. The highest BCUT2D eigenvalue weighted by Crippen LogP contribution is 2.19. The van der Waals surface area contributed by atoms with Crippen molar-refractivity contribution in [3.63, 3.8) is 0 Å². The molecule has 0 aromatic carbocycles. The minimum Gasteiger partial charge on any atom is -0.469 e. The number of hydrogen-bond donors (Lipinski definition) is 1. The third-order valence-electron chi connectivity index (χ3n) is 3.01. The first kappa shape index (κ1) is 14.4. The van der Waals surface area contributed by atoms with Gasteiger partial charge in [0.1, 0.15) is 0 Å². The molecule has 1 aliphatic heterocycles. The summed E-state index contributed by atoms with van der Waals surface area (Å²) < 4.78 is 29.5. The second-order valence-corrected chi connectivity index (χ2v) is 6.42. The van der Waals surface area contributed by atoms with Crippen LogP contribution in [0.3, 0.4) is 0 Å². The van der Waals surface area contributed by atoms with Crippen molar-refractivity contribution in [2.75, 3.05) is 26.0 Å². The molecule has 1 heterocycles. The highest BCUT2D eigenvalue weighted by atomic mass is 32.2. The largest absolute Gasteiger partial charge is 0.469 e. The summed E-state index contributed by atoms with van der Waals surface area (Å²) in [5.41, 5.74) is 0. The van der Waals surface area contributed by atoms with E-state index in [0.29, 0.717) is 19.5 Å². The van der Waals surface area contributed by atoms with Crippen molar-refractivity contribution in [1.82, 2.24) is 4.31 Å². The molecular formula is C10H19NO5S. The van der Waals surface area contributed by atoms with Crippen LogP contribution < -0.4 is 0 Å². The molecule has 0 amide bonds. The van der Waals surface area contributed by atoms with E-state index in [1.54, 1.807) is 0 Å². The summed E-state index contributed by atoms with van der Waals surface area (Å²) in [6.07, 6.45) is -0.132. The van der Waals surface area contributed by atoms with Gasteiger partial charge in [0.15, 0.2) is 0 Å². The Morgan fingerprint density at radius 1 is 1.53 bits per heavy atom. The lowest BCUT2D eigenvalue weighted by atomic mass is 9.99. The predicted octanol–water partition coefficient (Wildman–Crippen LogP) is -0.418. The van der Waals surface area contributed by atoms with E-state index in [4.69, 9.17) is 0 Å². The minimum absolute atomic E-state index is 0.0725. The van der Waals surface area contributed by atoms with E-state index in [1.165, 1.54) is 11.4 Å². The van der Waals surface area contributed by atoms with Crippen LogP contribution >= 0.6 is 0 Å². The first-order chi connectivity index (χ1) is 7.86. The summed E-state index contributed by atoms with van der Waals surface area (Å²) in [5.74, 6) is -0.835. The molecule has 1 N–H and O–H groups in total. The van der Waals surface area contributed by atoms with Crippen LogP contribution in [0.4, 0.5) is 0 Å². The Morgan fingerprint density at radius 3 is 2.71 bits per heavy atom. The van der Waals surface area contributed by atoms with Crippen molar-refractivity contribution < 1.29 is 23.1 Å². The summed E-state index contributed by atoms with van der Waals surface area (Å²) in [5, 5.41) is 9.52. The highest BCUT2D eigenvalue weighted by molar-refractivity contribution is 7.89. The Morgan fingerprint density at radius 2 is 2.18 bits per heavy atom. The second kappa shape index (κ2) is 5.79. The van der Waals surface area contributed by atoms with Crippen molar-refractivity contribution >= 4 is 16.0 Å². The van der Waals surface area contributed by atoms with Crippen molar-refractivity contribution in [2.24, 2.45) is 5.92 Å². The molecule has 0 bridgehead atoms. The standard InChI is InChI=1S/C10H19NO5S/c1-8-7-11(5-3-9(8)12)17(14,15)6-4-10(13)16-2/h8-9,12H,3-7H2,1-2H3. The Kier molecular flexibility index (Phi) is 4.91. The lowest BCUT2D eigenvalue weighted by Gasteiger charge is -2.33. The summed E-state index contributed by atoms with van der Waals surface area (Å²) in [6, 6.07) is 0. The number of nitrogens with zero attached hydrogens (tertiary/aromatic N) is 1. The zero-order chi connectivity index (χ0) is 13.1. The van der Waals surface area contributed by atoms with E-state index >= 15 is 0 Å². The van der Waals surface area contributed by atoms with Crippen LogP contribution in [0.2, 0.25) is 0 Å². The number of sulfonamides is 1. The molecule has 1 aliphatic rings. The predicted molar refractivity (Wildman–Crippen MR) is 61.8 cm³/mol. The van der Waals surface area contributed by atoms with Crippen LogP contribution in [0.1, 0.15) is 19.8 Å². The summed E-state index contributed by atoms with van der Waals surface area (Å²) >= 11 is 0. The van der Waals surface area contributed by atoms with Gasteiger partial charge in [0.25, 0.3) is 0 Å². The van der Waals surface area contributed by atoms with E-state index in [2.05, 4.69) is 4.74 Å². The van der Waals surface area contributed by atoms with Crippen LogP contribution in [0, 0.1) is 5.92 Å². The summed E-state index contributed by atoms with van der Waals surface area (Å²) in [7, 11) is -2.19. The van der Waals surface area contributed by atoms with E-state index in [-0.39, 0.29) is 18.1 Å². The molecule has 0 radical (unpaired) electrons. The lowest BCUT2D eigenvalue weighted by Crippen LogP contribution is -2.45. The van der Waals surface area contributed by atoms with Gasteiger partial charge in [-0.1, -0.05) is 6.92 Å². The Labute approximate surface area is 102 Å². The summed E-state index contributed by atoms with van der Waals surface area (Å²) in [6.45, 7) is 2.44. The second-order valence-electron chi connectivity index (χ2n) is 4.33. The lowest BCUT2D eigenvalue weighted by molar-refractivity contribution is -0.140. The molecule has 0 aromatic heterocycles. The molecule has 17 heavy (non-hydrogen) atoms. The Balaban J connectivity index is 2.56. The zero-order valence-corrected chi connectivity index (χ0v) is 10.9. The van der Waals surface area contributed by atoms with Gasteiger partial charge < -0.3 is 9.84 Å². The maximum Gasteiger partial charge on any atom is 0.306 e. The normalized spacial score (nSPS) is 26.8. The van der Waals surface area contributed by atoms with Gasteiger partial charge in [0.2, 0.25) is 10.0 Å². The highest BCUT2D eigenvalue weighted by Gasteiger charge is 2.31. The number of carbonyl (C=O) groups is 1. The molecule has 2 atom stereocenters. The third-order valence-corrected chi connectivity index (χ3v) is 4.85. The molecule has 2 unspecified atom stereocenters. The molecular weight excluding hydrogens is 246 g/mol. The van der Waals surface area contributed by atoms with E-state index in [0.717, 1.165) is 0 Å². The monoisotopic (exact) mass is 265 g/mol.